The number of rotatable bonds is 5. The molecule has 4 nitrogen and oxygen atoms in total. The zero-order valence-electron chi connectivity index (χ0n) is 11.7. The van der Waals surface area contributed by atoms with E-state index in [4.69, 9.17) is 4.74 Å². The van der Waals surface area contributed by atoms with E-state index in [1.54, 1.807) is 0 Å². The van der Waals surface area contributed by atoms with Gasteiger partial charge in [-0.1, -0.05) is 0 Å². The Labute approximate surface area is 99.3 Å². The van der Waals surface area contributed by atoms with Crippen molar-refractivity contribution in [3.05, 3.63) is 0 Å². The topological polar surface area (TPSA) is 41.6 Å². The Hall–Kier alpha value is -0.610. The molecule has 0 radical (unpaired) electrons. The molecule has 1 N–H and O–H groups in total. The lowest BCUT2D eigenvalue weighted by molar-refractivity contribution is -0.153. The molecule has 0 fully saturated rings. The SMILES string of the molecule is CN(C)C(C)(C)CNCC(=O)OC(C)(C)C. The summed E-state index contributed by atoms with van der Waals surface area (Å²) >= 11 is 0. The van der Waals surface area contributed by atoms with Gasteiger partial charge in [0.05, 0.1) is 6.54 Å². The zero-order chi connectivity index (χ0) is 13.0. The van der Waals surface area contributed by atoms with Crippen LogP contribution in [-0.4, -0.2) is 49.2 Å². The van der Waals surface area contributed by atoms with Gasteiger partial charge in [-0.05, 0) is 48.7 Å². The van der Waals surface area contributed by atoms with Crippen molar-refractivity contribution in [3.8, 4) is 0 Å². The Morgan fingerprint density at radius 1 is 1.19 bits per heavy atom. The molecule has 16 heavy (non-hydrogen) atoms. The second-order valence-corrected chi connectivity index (χ2v) is 5.90. The summed E-state index contributed by atoms with van der Waals surface area (Å²) in [6.45, 7) is 10.9. The molecule has 0 heterocycles. The summed E-state index contributed by atoms with van der Waals surface area (Å²) in [6.07, 6.45) is 0. The molecule has 0 aliphatic carbocycles. The van der Waals surface area contributed by atoms with Gasteiger partial charge in [-0.15, -0.1) is 0 Å². The molecule has 0 rings (SSSR count). The van der Waals surface area contributed by atoms with Crippen LogP contribution in [0, 0.1) is 0 Å². The summed E-state index contributed by atoms with van der Waals surface area (Å²) < 4.78 is 5.20. The number of carbonyl (C=O) groups is 1. The van der Waals surface area contributed by atoms with Crippen LogP contribution < -0.4 is 5.32 Å². The van der Waals surface area contributed by atoms with E-state index >= 15 is 0 Å². The first-order valence-corrected chi connectivity index (χ1v) is 5.64. The predicted octanol–water partition coefficient (Wildman–Crippen LogP) is 1.26. The van der Waals surface area contributed by atoms with Crippen LogP contribution in [-0.2, 0) is 9.53 Å². The summed E-state index contributed by atoms with van der Waals surface area (Å²) in [5.41, 5.74) is -0.377. The lowest BCUT2D eigenvalue weighted by Gasteiger charge is -2.32. The van der Waals surface area contributed by atoms with E-state index in [2.05, 4.69) is 24.1 Å². The zero-order valence-corrected chi connectivity index (χ0v) is 11.7. The minimum atomic E-state index is -0.407. The van der Waals surface area contributed by atoms with Crippen LogP contribution in [0.5, 0.6) is 0 Å². The number of likely N-dealkylation sites (N-methyl/N-ethyl adjacent to an activating group) is 1. The van der Waals surface area contributed by atoms with Crippen LogP contribution in [0.4, 0.5) is 0 Å². The first kappa shape index (κ1) is 15.4. The first-order chi connectivity index (χ1) is 7.04. The van der Waals surface area contributed by atoms with Crippen LogP contribution in [0.15, 0.2) is 0 Å². The molecular weight excluding hydrogens is 204 g/mol. The van der Waals surface area contributed by atoms with E-state index in [0.29, 0.717) is 0 Å². The van der Waals surface area contributed by atoms with Gasteiger partial charge in [-0.2, -0.15) is 0 Å². The summed E-state index contributed by atoms with van der Waals surface area (Å²) in [4.78, 5) is 13.5. The van der Waals surface area contributed by atoms with Crippen molar-refractivity contribution in [3.63, 3.8) is 0 Å². The molecule has 0 aliphatic rings. The Bertz CT molecular complexity index is 230. The fraction of sp³-hybridized carbons (Fsp3) is 0.917. The number of hydrogen-bond donors (Lipinski definition) is 1. The molecule has 0 atom stereocenters. The molecule has 96 valence electrons. The number of ether oxygens (including phenoxy) is 1. The highest BCUT2D eigenvalue weighted by atomic mass is 16.6. The van der Waals surface area contributed by atoms with Crippen LogP contribution in [0.2, 0.25) is 0 Å². The average Bonchev–Trinajstić information content (AvgIpc) is 1.99. The smallest absolute Gasteiger partial charge is 0.320 e. The van der Waals surface area contributed by atoms with Crippen molar-refractivity contribution in [1.29, 1.82) is 0 Å². The Morgan fingerprint density at radius 3 is 2.06 bits per heavy atom. The summed E-state index contributed by atoms with van der Waals surface area (Å²) in [5.74, 6) is -0.206. The molecular formula is C12H26N2O2. The molecule has 0 aromatic heterocycles. The van der Waals surface area contributed by atoms with E-state index in [0.717, 1.165) is 6.54 Å². The summed E-state index contributed by atoms with van der Waals surface area (Å²) in [6, 6.07) is 0. The maximum Gasteiger partial charge on any atom is 0.320 e. The fourth-order valence-corrected chi connectivity index (χ4v) is 1.01. The standard InChI is InChI=1S/C12H26N2O2/c1-11(2,3)16-10(15)8-13-9-12(4,5)14(6)7/h13H,8-9H2,1-7H3. The minimum Gasteiger partial charge on any atom is -0.459 e. The first-order valence-electron chi connectivity index (χ1n) is 5.64. The van der Waals surface area contributed by atoms with Crippen LogP contribution in [0.1, 0.15) is 34.6 Å². The monoisotopic (exact) mass is 230 g/mol. The fourth-order valence-electron chi connectivity index (χ4n) is 1.01. The van der Waals surface area contributed by atoms with Gasteiger partial charge in [-0.25, -0.2) is 0 Å². The van der Waals surface area contributed by atoms with Crippen molar-refractivity contribution >= 4 is 5.97 Å². The van der Waals surface area contributed by atoms with Crippen molar-refractivity contribution in [2.45, 2.75) is 45.8 Å². The summed E-state index contributed by atoms with van der Waals surface area (Å²) in [7, 11) is 4.05. The van der Waals surface area contributed by atoms with Gasteiger partial charge >= 0.3 is 5.97 Å². The largest absolute Gasteiger partial charge is 0.459 e. The van der Waals surface area contributed by atoms with Gasteiger partial charge in [-0.3, -0.25) is 4.79 Å². The highest BCUT2D eigenvalue weighted by molar-refractivity contribution is 5.72. The maximum atomic E-state index is 11.4. The second-order valence-electron chi connectivity index (χ2n) is 5.90. The molecule has 0 saturated heterocycles. The molecule has 0 saturated carbocycles. The van der Waals surface area contributed by atoms with Gasteiger partial charge in [0, 0.05) is 12.1 Å². The Morgan fingerprint density at radius 2 is 1.69 bits per heavy atom. The maximum absolute atomic E-state index is 11.4. The molecule has 0 bridgehead atoms. The van der Waals surface area contributed by atoms with E-state index in [1.807, 2.05) is 34.9 Å². The van der Waals surface area contributed by atoms with Crippen LogP contribution in [0.3, 0.4) is 0 Å². The molecule has 0 aromatic rings. The summed E-state index contributed by atoms with van der Waals surface area (Å²) in [5, 5.41) is 3.11. The number of nitrogens with one attached hydrogen (secondary N) is 1. The third-order valence-electron chi connectivity index (χ3n) is 2.46. The third kappa shape index (κ3) is 6.80. The highest BCUT2D eigenvalue weighted by Gasteiger charge is 2.21. The van der Waals surface area contributed by atoms with Gasteiger partial charge in [0.2, 0.25) is 0 Å². The molecule has 0 aliphatic heterocycles. The highest BCUT2D eigenvalue weighted by Crippen LogP contribution is 2.08. The van der Waals surface area contributed by atoms with Crippen molar-refractivity contribution in [2.24, 2.45) is 0 Å². The van der Waals surface area contributed by atoms with E-state index in [-0.39, 0.29) is 18.1 Å². The number of hydrogen-bond acceptors (Lipinski definition) is 4. The lowest BCUT2D eigenvalue weighted by atomic mass is 10.0. The quantitative estimate of drug-likeness (QED) is 0.722. The second kappa shape index (κ2) is 5.64. The average molecular weight is 230 g/mol. The van der Waals surface area contributed by atoms with Crippen molar-refractivity contribution in [1.82, 2.24) is 10.2 Å². The van der Waals surface area contributed by atoms with Gasteiger partial charge in [0.15, 0.2) is 0 Å². The number of carbonyl (C=O) groups excluding carboxylic acids is 1. The molecule has 4 heteroatoms. The van der Waals surface area contributed by atoms with E-state index < -0.39 is 5.60 Å². The van der Waals surface area contributed by atoms with Crippen LogP contribution in [0.25, 0.3) is 0 Å². The molecule has 0 amide bonds. The molecule has 0 spiro atoms. The molecule has 0 aromatic carbocycles. The normalized spacial score (nSPS) is 13.0. The number of esters is 1. The van der Waals surface area contributed by atoms with Gasteiger partial charge < -0.3 is 15.0 Å². The molecule has 0 unspecified atom stereocenters. The predicted molar refractivity (Wildman–Crippen MR) is 66.5 cm³/mol. The van der Waals surface area contributed by atoms with Gasteiger partial charge in [0.1, 0.15) is 5.60 Å². The van der Waals surface area contributed by atoms with E-state index in [1.165, 1.54) is 0 Å². The van der Waals surface area contributed by atoms with Crippen molar-refractivity contribution < 1.29 is 9.53 Å². The lowest BCUT2D eigenvalue weighted by Crippen LogP contribution is -2.48. The Kier molecular flexibility index (Phi) is 5.42. The van der Waals surface area contributed by atoms with Gasteiger partial charge in [0.25, 0.3) is 0 Å². The Balaban J connectivity index is 3.87. The van der Waals surface area contributed by atoms with E-state index in [9.17, 15) is 4.79 Å². The third-order valence-corrected chi connectivity index (χ3v) is 2.46. The minimum absolute atomic E-state index is 0.0298. The number of nitrogens with zero attached hydrogens (tertiary/aromatic N) is 1. The van der Waals surface area contributed by atoms with Crippen LogP contribution >= 0.6 is 0 Å². The van der Waals surface area contributed by atoms with Crippen molar-refractivity contribution in [2.75, 3.05) is 27.2 Å².